The molecule has 0 radical (unpaired) electrons. The van der Waals surface area contributed by atoms with Crippen molar-refractivity contribution in [3.05, 3.63) is 109 Å². The number of unbranched alkanes of at least 4 members (excludes halogenated alkanes) is 26. The molecule has 0 heterocycles. The van der Waals surface area contributed by atoms with Crippen molar-refractivity contribution in [2.75, 3.05) is 13.2 Å². The average molecular weight is 1030 g/mol. The van der Waals surface area contributed by atoms with E-state index in [0.29, 0.717) is 19.3 Å². The molecule has 1 atom stereocenters. The minimum atomic E-state index is -0.799. The molecule has 0 aromatic rings. The van der Waals surface area contributed by atoms with Crippen molar-refractivity contribution in [1.29, 1.82) is 0 Å². The van der Waals surface area contributed by atoms with Crippen molar-refractivity contribution in [2.24, 2.45) is 0 Å². The van der Waals surface area contributed by atoms with Gasteiger partial charge in [0.15, 0.2) is 6.10 Å². The van der Waals surface area contributed by atoms with E-state index in [2.05, 4.69) is 130 Å². The van der Waals surface area contributed by atoms with Gasteiger partial charge in [-0.05, 0) is 109 Å². The van der Waals surface area contributed by atoms with Crippen LogP contribution in [0.25, 0.3) is 0 Å². The Morgan fingerprint density at radius 3 is 0.892 bits per heavy atom. The lowest BCUT2D eigenvalue weighted by Gasteiger charge is -2.18. The minimum Gasteiger partial charge on any atom is -0.462 e. The fourth-order valence-corrected chi connectivity index (χ4v) is 8.39. The van der Waals surface area contributed by atoms with Crippen LogP contribution < -0.4 is 0 Å². The largest absolute Gasteiger partial charge is 0.462 e. The predicted molar refractivity (Wildman–Crippen MR) is 320 cm³/mol. The van der Waals surface area contributed by atoms with Crippen LogP contribution in [-0.2, 0) is 28.6 Å². The Hall–Kier alpha value is -3.93. The van der Waals surface area contributed by atoms with Crippen molar-refractivity contribution in [3.63, 3.8) is 0 Å². The van der Waals surface area contributed by atoms with Crippen molar-refractivity contribution in [2.45, 2.75) is 290 Å². The van der Waals surface area contributed by atoms with E-state index >= 15 is 0 Å². The second-order valence-corrected chi connectivity index (χ2v) is 20.2. The van der Waals surface area contributed by atoms with Crippen LogP contribution >= 0.6 is 0 Å². The van der Waals surface area contributed by atoms with Gasteiger partial charge < -0.3 is 14.2 Å². The normalized spacial score (nSPS) is 12.9. The lowest BCUT2D eigenvalue weighted by Crippen LogP contribution is -2.30. The van der Waals surface area contributed by atoms with Crippen LogP contribution in [0, 0.1) is 0 Å². The van der Waals surface area contributed by atoms with Crippen LogP contribution in [0.15, 0.2) is 109 Å². The summed E-state index contributed by atoms with van der Waals surface area (Å²) in [7, 11) is 0. The number of ether oxygens (including phenoxy) is 3. The van der Waals surface area contributed by atoms with Gasteiger partial charge in [-0.15, -0.1) is 0 Å². The molecule has 0 saturated heterocycles. The lowest BCUT2D eigenvalue weighted by atomic mass is 10.0. The molecular weight excluding hydrogens is 913 g/mol. The van der Waals surface area contributed by atoms with Crippen LogP contribution in [0.1, 0.15) is 284 Å². The lowest BCUT2D eigenvalue weighted by molar-refractivity contribution is -0.167. The van der Waals surface area contributed by atoms with Gasteiger partial charge in [-0.2, -0.15) is 0 Å². The first-order valence-corrected chi connectivity index (χ1v) is 30.9. The molecule has 0 aliphatic carbocycles. The van der Waals surface area contributed by atoms with Crippen LogP contribution in [0.2, 0.25) is 0 Å². The highest BCUT2D eigenvalue weighted by molar-refractivity contribution is 5.71. The summed E-state index contributed by atoms with van der Waals surface area (Å²) in [4.78, 5) is 38.2. The zero-order chi connectivity index (χ0) is 53.6. The van der Waals surface area contributed by atoms with Crippen LogP contribution in [-0.4, -0.2) is 37.2 Å². The summed E-state index contributed by atoms with van der Waals surface area (Å²) < 4.78 is 16.8. The Morgan fingerprint density at radius 1 is 0.284 bits per heavy atom. The molecule has 6 nitrogen and oxygen atoms in total. The molecular formula is C68H114O6. The highest BCUT2D eigenvalue weighted by Crippen LogP contribution is 2.16. The van der Waals surface area contributed by atoms with Crippen LogP contribution in [0.3, 0.4) is 0 Å². The number of hydrogen-bond donors (Lipinski definition) is 0. The summed E-state index contributed by atoms with van der Waals surface area (Å²) in [5.41, 5.74) is 0. The molecule has 0 amide bonds. The van der Waals surface area contributed by atoms with E-state index in [1.807, 2.05) is 0 Å². The van der Waals surface area contributed by atoms with Gasteiger partial charge in [0.25, 0.3) is 0 Å². The van der Waals surface area contributed by atoms with Crippen molar-refractivity contribution in [1.82, 2.24) is 0 Å². The van der Waals surface area contributed by atoms with Gasteiger partial charge in [0.2, 0.25) is 0 Å². The average Bonchev–Trinajstić information content (AvgIpc) is 3.40. The number of allylic oxidation sites excluding steroid dienone is 18. The highest BCUT2D eigenvalue weighted by Gasteiger charge is 2.19. The topological polar surface area (TPSA) is 78.9 Å². The van der Waals surface area contributed by atoms with Crippen LogP contribution in [0.5, 0.6) is 0 Å². The van der Waals surface area contributed by atoms with Gasteiger partial charge in [0.1, 0.15) is 13.2 Å². The van der Waals surface area contributed by atoms with E-state index < -0.39 is 6.10 Å². The second-order valence-electron chi connectivity index (χ2n) is 20.2. The van der Waals surface area contributed by atoms with Gasteiger partial charge in [-0.1, -0.05) is 265 Å². The zero-order valence-electron chi connectivity index (χ0n) is 48.3. The molecule has 0 bridgehead atoms. The fraction of sp³-hybridized carbons (Fsp3) is 0.691. The van der Waals surface area contributed by atoms with Gasteiger partial charge in [0.05, 0.1) is 0 Å². The van der Waals surface area contributed by atoms with E-state index in [1.54, 1.807) is 0 Å². The molecule has 0 N–H and O–H groups in total. The number of hydrogen-bond acceptors (Lipinski definition) is 6. The summed E-state index contributed by atoms with van der Waals surface area (Å²) in [6, 6.07) is 0. The smallest absolute Gasteiger partial charge is 0.306 e. The van der Waals surface area contributed by atoms with Gasteiger partial charge >= 0.3 is 17.9 Å². The standard InChI is InChI=1S/C68H114O6/c1-4-7-10-13-16-19-22-25-27-29-30-31-32-33-34-35-36-37-38-40-41-43-46-49-52-55-58-61-67(70)73-64-65(63-72-66(69)60-57-54-51-48-45-24-21-18-15-12-9-6-3)74-68(71)62-59-56-53-50-47-44-42-39-28-26-23-20-17-14-11-8-5-2/h7,10,16,18-19,21,25,27,30-31,33-34,36-37,40-41,46,49,65H,4-6,8-9,11-15,17,20,22-24,26,28-29,32,35,38-39,42-45,47-48,50-64H2,1-3H3/b10-7-,19-16-,21-18-,27-25-,31-30-,34-33-,37-36-,41-40-,49-46-. The van der Waals surface area contributed by atoms with E-state index in [9.17, 15) is 14.4 Å². The Bertz CT molecular complexity index is 1510. The molecule has 0 aliphatic heterocycles. The molecule has 0 aromatic heterocycles. The third-order valence-electron chi connectivity index (χ3n) is 13.0. The number of rotatable bonds is 55. The fourth-order valence-electron chi connectivity index (χ4n) is 8.39. The first-order chi connectivity index (χ1) is 36.5. The van der Waals surface area contributed by atoms with E-state index in [4.69, 9.17) is 14.2 Å². The molecule has 0 aromatic carbocycles. The molecule has 0 aliphatic rings. The maximum absolute atomic E-state index is 12.9. The van der Waals surface area contributed by atoms with Crippen LogP contribution in [0.4, 0.5) is 0 Å². The zero-order valence-corrected chi connectivity index (χ0v) is 48.3. The molecule has 1 unspecified atom stereocenters. The number of esters is 3. The van der Waals surface area contributed by atoms with Crippen molar-refractivity contribution < 1.29 is 28.6 Å². The van der Waals surface area contributed by atoms with Gasteiger partial charge in [-0.25, -0.2) is 0 Å². The van der Waals surface area contributed by atoms with Crippen molar-refractivity contribution >= 4 is 17.9 Å². The Morgan fingerprint density at radius 2 is 0.527 bits per heavy atom. The maximum Gasteiger partial charge on any atom is 0.306 e. The predicted octanol–water partition coefficient (Wildman–Crippen LogP) is 21.0. The summed E-state index contributed by atoms with van der Waals surface area (Å²) in [5.74, 6) is -0.943. The first-order valence-electron chi connectivity index (χ1n) is 30.9. The quantitative estimate of drug-likeness (QED) is 0.0261. The van der Waals surface area contributed by atoms with Crippen molar-refractivity contribution in [3.8, 4) is 0 Å². The maximum atomic E-state index is 12.9. The molecule has 422 valence electrons. The second kappa shape index (κ2) is 61.6. The Labute approximate surface area is 457 Å². The SMILES string of the molecule is CC/C=C\C/C=C\C/C=C\C/C=C\C/C=C\C/C=C\C/C=C\C/C=C\CCCCC(=O)OCC(COC(=O)CCCCCCC/C=C\CCCCC)OC(=O)CCCCCCCCCCCCCCCCCCC. The number of carbonyl (C=O) groups is 3. The van der Waals surface area contributed by atoms with E-state index in [1.165, 1.54) is 122 Å². The summed E-state index contributed by atoms with van der Waals surface area (Å²) >= 11 is 0. The summed E-state index contributed by atoms with van der Waals surface area (Å²) in [6.45, 7) is 6.48. The van der Waals surface area contributed by atoms with E-state index in [-0.39, 0.29) is 31.1 Å². The Kier molecular flexibility index (Phi) is 58.3. The minimum absolute atomic E-state index is 0.0951. The monoisotopic (exact) mass is 1030 g/mol. The Balaban J connectivity index is 4.40. The summed E-state index contributed by atoms with van der Waals surface area (Å²) in [6.07, 6.45) is 83.8. The van der Waals surface area contributed by atoms with E-state index in [0.717, 1.165) is 122 Å². The molecule has 0 spiro atoms. The molecule has 0 saturated carbocycles. The molecule has 0 rings (SSSR count). The number of carbonyl (C=O) groups excluding carboxylic acids is 3. The first kappa shape index (κ1) is 70.1. The summed E-state index contributed by atoms with van der Waals surface area (Å²) in [5, 5.41) is 0. The molecule has 6 heteroatoms. The van der Waals surface area contributed by atoms with Gasteiger partial charge in [-0.3, -0.25) is 14.4 Å². The third kappa shape index (κ3) is 59.0. The highest BCUT2D eigenvalue weighted by atomic mass is 16.6. The molecule has 0 fully saturated rings. The molecule has 74 heavy (non-hydrogen) atoms. The van der Waals surface area contributed by atoms with Gasteiger partial charge in [0, 0.05) is 19.3 Å². The third-order valence-corrected chi connectivity index (χ3v) is 13.0.